The summed E-state index contributed by atoms with van der Waals surface area (Å²) in [7, 11) is -0.856. The first-order chi connectivity index (χ1) is 12.0. The first-order valence-electron chi connectivity index (χ1n) is 7.51. The number of para-hydroxylation sites is 1. The predicted molar refractivity (Wildman–Crippen MR) is 94.5 cm³/mol. The number of carbonyl (C=O) groups is 1. The first kappa shape index (κ1) is 18.9. The van der Waals surface area contributed by atoms with E-state index < -0.39 is 15.9 Å². The SMILES string of the molecule is COCCNS(=O)(=O)c1ccc(OC)c(C(=O)Nc2ccccc2)c1. The molecule has 0 fully saturated rings. The molecule has 25 heavy (non-hydrogen) atoms. The maximum absolute atomic E-state index is 12.5. The number of hydrogen-bond donors (Lipinski definition) is 2. The number of sulfonamides is 1. The van der Waals surface area contributed by atoms with E-state index in [1.54, 1.807) is 24.3 Å². The topological polar surface area (TPSA) is 93.7 Å². The van der Waals surface area contributed by atoms with Gasteiger partial charge in [-0.1, -0.05) is 18.2 Å². The highest BCUT2D eigenvalue weighted by Gasteiger charge is 2.19. The van der Waals surface area contributed by atoms with Crippen molar-refractivity contribution in [2.45, 2.75) is 4.90 Å². The van der Waals surface area contributed by atoms with Gasteiger partial charge in [0.05, 0.1) is 24.2 Å². The Balaban J connectivity index is 2.29. The number of rotatable bonds is 8. The lowest BCUT2D eigenvalue weighted by atomic mass is 10.2. The molecule has 0 aliphatic heterocycles. The van der Waals surface area contributed by atoms with Gasteiger partial charge in [-0.15, -0.1) is 0 Å². The molecule has 0 radical (unpaired) electrons. The van der Waals surface area contributed by atoms with Gasteiger partial charge < -0.3 is 14.8 Å². The third-order valence-electron chi connectivity index (χ3n) is 3.36. The Morgan fingerprint density at radius 2 is 1.80 bits per heavy atom. The van der Waals surface area contributed by atoms with Gasteiger partial charge in [0.25, 0.3) is 5.91 Å². The predicted octanol–water partition coefficient (Wildman–Crippen LogP) is 1.87. The van der Waals surface area contributed by atoms with E-state index in [9.17, 15) is 13.2 Å². The van der Waals surface area contributed by atoms with Crippen LogP contribution in [0.25, 0.3) is 0 Å². The Morgan fingerprint density at radius 3 is 2.44 bits per heavy atom. The number of amides is 1. The molecular weight excluding hydrogens is 344 g/mol. The van der Waals surface area contributed by atoms with Gasteiger partial charge in [0, 0.05) is 19.3 Å². The van der Waals surface area contributed by atoms with Gasteiger partial charge in [0.15, 0.2) is 0 Å². The minimum absolute atomic E-state index is 0.0254. The van der Waals surface area contributed by atoms with E-state index in [1.807, 2.05) is 6.07 Å². The molecule has 0 atom stereocenters. The largest absolute Gasteiger partial charge is 0.496 e. The Bertz CT molecular complexity index is 822. The summed E-state index contributed by atoms with van der Waals surface area (Å²) in [5.41, 5.74) is 0.724. The smallest absolute Gasteiger partial charge is 0.259 e. The van der Waals surface area contributed by atoms with Crippen molar-refractivity contribution in [1.29, 1.82) is 0 Å². The van der Waals surface area contributed by atoms with Crippen molar-refractivity contribution in [3.05, 3.63) is 54.1 Å². The first-order valence-corrected chi connectivity index (χ1v) is 8.99. The van der Waals surface area contributed by atoms with E-state index in [0.29, 0.717) is 5.69 Å². The van der Waals surface area contributed by atoms with Crippen LogP contribution in [0.1, 0.15) is 10.4 Å². The van der Waals surface area contributed by atoms with E-state index in [0.717, 1.165) is 0 Å². The van der Waals surface area contributed by atoms with Crippen molar-refractivity contribution in [2.24, 2.45) is 0 Å². The van der Waals surface area contributed by atoms with Crippen LogP contribution in [0.5, 0.6) is 5.75 Å². The second kappa shape index (κ2) is 8.61. The van der Waals surface area contributed by atoms with Crippen LogP contribution >= 0.6 is 0 Å². The lowest BCUT2D eigenvalue weighted by Crippen LogP contribution is -2.27. The highest BCUT2D eigenvalue weighted by Crippen LogP contribution is 2.23. The summed E-state index contributed by atoms with van der Waals surface area (Å²) in [5, 5.41) is 2.71. The number of benzene rings is 2. The molecular formula is C17H20N2O5S. The van der Waals surface area contributed by atoms with E-state index >= 15 is 0 Å². The van der Waals surface area contributed by atoms with Crippen LogP contribution in [0, 0.1) is 0 Å². The monoisotopic (exact) mass is 364 g/mol. The molecule has 0 aromatic heterocycles. The standard InChI is InChI=1S/C17H20N2O5S/c1-23-11-10-18-25(21,22)14-8-9-16(24-2)15(12-14)17(20)19-13-6-4-3-5-7-13/h3-9,12,18H,10-11H2,1-2H3,(H,19,20). The number of hydrogen-bond acceptors (Lipinski definition) is 5. The molecule has 0 saturated carbocycles. The van der Waals surface area contributed by atoms with Crippen LogP contribution in [0.15, 0.2) is 53.4 Å². The minimum atomic E-state index is -3.75. The molecule has 1 amide bonds. The molecule has 0 unspecified atom stereocenters. The third kappa shape index (κ3) is 5.02. The number of carbonyl (C=O) groups excluding carboxylic acids is 1. The number of anilines is 1. The molecule has 2 N–H and O–H groups in total. The second-order valence-corrected chi connectivity index (χ2v) is 6.84. The molecule has 2 aromatic rings. The minimum Gasteiger partial charge on any atom is -0.496 e. The zero-order valence-electron chi connectivity index (χ0n) is 14.0. The highest BCUT2D eigenvalue weighted by atomic mass is 32.2. The van der Waals surface area contributed by atoms with Crippen molar-refractivity contribution in [3.63, 3.8) is 0 Å². The molecule has 0 heterocycles. The van der Waals surface area contributed by atoms with E-state index in [-0.39, 0.29) is 29.4 Å². The molecule has 2 aromatic carbocycles. The normalized spacial score (nSPS) is 11.1. The van der Waals surface area contributed by atoms with Crippen LogP contribution in [-0.2, 0) is 14.8 Å². The molecule has 2 rings (SSSR count). The average molecular weight is 364 g/mol. The summed E-state index contributed by atoms with van der Waals surface area (Å²) < 4.78 is 37.0. The third-order valence-corrected chi connectivity index (χ3v) is 4.81. The van der Waals surface area contributed by atoms with E-state index in [1.165, 1.54) is 32.4 Å². The molecule has 0 aliphatic carbocycles. The summed E-state index contributed by atoms with van der Waals surface area (Å²) in [5.74, 6) is -0.179. The summed E-state index contributed by atoms with van der Waals surface area (Å²) in [6, 6.07) is 13.0. The van der Waals surface area contributed by atoms with Crippen molar-refractivity contribution < 1.29 is 22.7 Å². The fraction of sp³-hybridized carbons (Fsp3) is 0.235. The van der Waals surface area contributed by atoms with Gasteiger partial charge in [-0.25, -0.2) is 13.1 Å². The van der Waals surface area contributed by atoms with Gasteiger partial charge in [-0.2, -0.15) is 0 Å². The number of nitrogens with one attached hydrogen (secondary N) is 2. The van der Waals surface area contributed by atoms with Crippen LogP contribution < -0.4 is 14.8 Å². The van der Waals surface area contributed by atoms with Crippen molar-refractivity contribution in [1.82, 2.24) is 4.72 Å². The zero-order chi connectivity index (χ0) is 18.3. The quantitative estimate of drug-likeness (QED) is 0.698. The molecule has 7 nitrogen and oxygen atoms in total. The fourth-order valence-electron chi connectivity index (χ4n) is 2.11. The lowest BCUT2D eigenvalue weighted by Gasteiger charge is -2.12. The van der Waals surface area contributed by atoms with Crippen LogP contribution in [-0.4, -0.2) is 41.7 Å². The Kier molecular flexibility index (Phi) is 6.51. The summed E-state index contributed by atoms with van der Waals surface area (Å²) in [6.45, 7) is 0.382. The van der Waals surface area contributed by atoms with Crippen molar-refractivity contribution >= 4 is 21.6 Å². The zero-order valence-corrected chi connectivity index (χ0v) is 14.8. The fourth-order valence-corrected chi connectivity index (χ4v) is 3.15. The van der Waals surface area contributed by atoms with E-state index in [2.05, 4.69) is 10.0 Å². The number of methoxy groups -OCH3 is 2. The van der Waals surface area contributed by atoms with Crippen molar-refractivity contribution in [2.75, 3.05) is 32.7 Å². The number of ether oxygens (including phenoxy) is 2. The summed E-state index contributed by atoms with van der Waals surface area (Å²) in [6.07, 6.45) is 0. The lowest BCUT2D eigenvalue weighted by molar-refractivity contribution is 0.102. The molecule has 8 heteroatoms. The van der Waals surface area contributed by atoms with Gasteiger partial charge in [0.2, 0.25) is 10.0 Å². The van der Waals surface area contributed by atoms with Gasteiger partial charge in [0.1, 0.15) is 5.75 Å². The molecule has 0 saturated heterocycles. The maximum Gasteiger partial charge on any atom is 0.259 e. The maximum atomic E-state index is 12.5. The molecule has 134 valence electrons. The van der Waals surface area contributed by atoms with E-state index in [4.69, 9.17) is 9.47 Å². The average Bonchev–Trinajstić information content (AvgIpc) is 2.62. The Hall–Kier alpha value is -2.42. The molecule has 0 aliphatic rings. The van der Waals surface area contributed by atoms with Gasteiger partial charge >= 0.3 is 0 Å². The second-order valence-electron chi connectivity index (χ2n) is 5.07. The summed E-state index contributed by atoms with van der Waals surface area (Å²) >= 11 is 0. The molecule has 0 spiro atoms. The Morgan fingerprint density at radius 1 is 1.08 bits per heavy atom. The highest BCUT2D eigenvalue weighted by molar-refractivity contribution is 7.89. The van der Waals surface area contributed by atoms with Gasteiger partial charge in [-0.3, -0.25) is 4.79 Å². The van der Waals surface area contributed by atoms with Crippen LogP contribution in [0.2, 0.25) is 0 Å². The molecule has 0 bridgehead atoms. The summed E-state index contributed by atoms with van der Waals surface area (Å²) in [4.78, 5) is 12.5. The van der Waals surface area contributed by atoms with Crippen LogP contribution in [0.4, 0.5) is 5.69 Å². The van der Waals surface area contributed by atoms with Crippen LogP contribution in [0.3, 0.4) is 0 Å². The van der Waals surface area contributed by atoms with Crippen molar-refractivity contribution in [3.8, 4) is 5.75 Å². The Labute approximate surface area is 147 Å². The van der Waals surface area contributed by atoms with Gasteiger partial charge in [-0.05, 0) is 30.3 Å².